The molecule has 4 aromatic carbocycles. The third-order valence-corrected chi connectivity index (χ3v) is 10.8. The summed E-state index contributed by atoms with van der Waals surface area (Å²) in [7, 11) is -4.03. The van der Waals surface area contributed by atoms with Crippen LogP contribution in [0.25, 0.3) is 44.3 Å². The summed E-state index contributed by atoms with van der Waals surface area (Å²) in [5.74, 6) is 0.0701. The number of hydrogen-bond acceptors (Lipinski definition) is 5. The number of hydrogen-bond donors (Lipinski definition) is 1. The van der Waals surface area contributed by atoms with E-state index in [-0.39, 0.29) is 16.3 Å². The molecule has 0 atom stereocenters. The second kappa shape index (κ2) is 11.7. The largest absolute Gasteiger partial charge is 0.490 e. The molecule has 0 spiro atoms. The molecular formula is C38H32FN3O4S. The average molecular weight is 646 g/mol. The number of halogens is 1. The van der Waals surface area contributed by atoms with Crippen LogP contribution in [0.15, 0.2) is 102 Å². The Balaban J connectivity index is 1.27. The smallest absolute Gasteiger partial charge is 0.265 e. The first-order chi connectivity index (χ1) is 22.9. The molecule has 1 fully saturated rings. The third kappa shape index (κ3) is 5.15. The van der Waals surface area contributed by atoms with E-state index in [9.17, 15) is 17.6 Å². The van der Waals surface area contributed by atoms with Gasteiger partial charge in [-0.3, -0.25) is 4.79 Å². The molecule has 0 radical (unpaired) electrons. The van der Waals surface area contributed by atoms with Crippen molar-refractivity contribution in [2.75, 3.05) is 6.61 Å². The molecule has 1 amide bonds. The van der Waals surface area contributed by atoms with Crippen LogP contribution in [0.5, 0.6) is 5.75 Å². The Hall–Kier alpha value is -5.02. The van der Waals surface area contributed by atoms with Crippen LogP contribution in [-0.4, -0.2) is 30.5 Å². The molecule has 236 valence electrons. The zero-order valence-corrected chi connectivity index (χ0v) is 26.4. The number of carbonyl (C=O) groups excluding carboxylic acids is 1. The number of nitrogens with one attached hydrogen (secondary N) is 1. The van der Waals surface area contributed by atoms with Crippen molar-refractivity contribution in [3.05, 3.63) is 114 Å². The molecule has 1 aliphatic heterocycles. The number of nitrogens with zero attached hydrogens (tertiary/aromatic N) is 2. The molecular weight excluding hydrogens is 614 g/mol. The van der Waals surface area contributed by atoms with E-state index in [0.717, 1.165) is 59.0 Å². The van der Waals surface area contributed by atoms with E-state index in [0.29, 0.717) is 35.8 Å². The number of amides is 1. The van der Waals surface area contributed by atoms with Crippen LogP contribution < -0.4 is 9.46 Å². The van der Waals surface area contributed by atoms with Crippen LogP contribution in [0.3, 0.4) is 0 Å². The maximum Gasteiger partial charge on any atom is 0.265 e. The van der Waals surface area contributed by atoms with Gasteiger partial charge >= 0.3 is 0 Å². The van der Waals surface area contributed by atoms with Crippen LogP contribution in [0.1, 0.15) is 53.9 Å². The predicted molar refractivity (Wildman–Crippen MR) is 180 cm³/mol. The fourth-order valence-electron chi connectivity index (χ4n) is 7.26. The van der Waals surface area contributed by atoms with Crippen molar-refractivity contribution in [3.8, 4) is 28.3 Å². The van der Waals surface area contributed by atoms with Gasteiger partial charge in [0, 0.05) is 33.0 Å². The maximum atomic E-state index is 14.6. The lowest BCUT2D eigenvalue weighted by Crippen LogP contribution is -2.30. The van der Waals surface area contributed by atoms with Crippen molar-refractivity contribution in [2.45, 2.75) is 49.5 Å². The second-order valence-electron chi connectivity index (χ2n) is 12.3. The van der Waals surface area contributed by atoms with Crippen molar-refractivity contribution in [1.82, 2.24) is 14.3 Å². The molecule has 0 bridgehead atoms. The number of fused-ring (bicyclic) bond motifs is 7. The molecule has 47 heavy (non-hydrogen) atoms. The van der Waals surface area contributed by atoms with Crippen LogP contribution in [0.4, 0.5) is 4.39 Å². The van der Waals surface area contributed by atoms with Gasteiger partial charge in [-0.1, -0.05) is 55.7 Å². The number of pyridine rings is 1. The van der Waals surface area contributed by atoms with E-state index in [2.05, 4.69) is 9.29 Å². The average Bonchev–Trinajstić information content (AvgIpc) is 3.29. The molecule has 1 N–H and O–H groups in total. The van der Waals surface area contributed by atoms with Crippen molar-refractivity contribution in [1.29, 1.82) is 0 Å². The summed E-state index contributed by atoms with van der Waals surface area (Å²) in [6, 6.07) is 27.8. The van der Waals surface area contributed by atoms with Gasteiger partial charge in [0.1, 0.15) is 18.2 Å². The molecule has 6 aromatic rings. The van der Waals surface area contributed by atoms with Crippen LogP contribution in [-0.2, 0) is 16.6 Å². The van der Waals surface area contributed by atoms with Crippen molar-refractivity contribution in [3.63, 3.8) is 0 Å². The standard InChI is InChI=1S/C38H32FN3O4S/c39-31-14-8-7-13-27(31)32-19-17-28-33(40-32)20-18-30-36-35(24-9-3-1-4-10-24)29-16-15-25(23-34(29)42(36)21-22-46-37(28)30)38(43)41-47(44,45)26-11-5-2-6-12-26/h2,5-8,11-20,23-24H,1,3-4,9-10,21-22H2,(H,41,43). The lowest BCUT2D eigenvalue weighted by atomic mass is 9.81. The van der Waals surface area contributed by atoms with Crippen molar-refractivity contribution in [2.24, 2.45) is 0 Å². The van der Waals surface area contributed by atoms with Gasteiger partial charge < -0.3 is 9.30 Å². The Morgan fingerprint density at radius 3 is 2.43 bits per heavy atom. The van der Waals surface area contributed by atoms with Crippen LogP contribution in [0.2, 0.25) is 0 Å². The van der Waals surface area contributed by atoms with Gasteiger partial charge in [0.15, 0.2) is 0 Å². The quantitative estimate of drug-likeness (QED) is 0.204. The fourth-order valence-corrected chi connectivity index (χ4v) is 8.26. The summed E-state index contributed by atoms with van der Waals surface area (Å²) < 4.78 is 51.4. The Bertz CT molecular complexity index is 2290. The minimum Gasteiger partial charge on any atom is -0.490 e. The SMILES string of the molecule is O=C(NS(=O)(=O)c1ccccc1)c1ccc2c(C3CCCCC3)c3n(c2c1)CCOc1c-3ccc2nc(-c3ccccc3F)ccc12. The van der Waals surface area contributed by atoms with Crippen LogP contribution in [0, 0.1) is 5.82 Å². The highest BCUT2D eigenvalue weighted by atomic mass is 32.2. The van der Waals surface area contributed by atoms with Gasteiger partial charge in [0.2, 0.25) is 0 Å². The zero-order chi connectivity index (χ0) is 32.1. The number of benzene rings is 4. The van der Waals surface area contributed by atoms with Gasteiger partial charge in [-0.05, 0) is 85.0 Å². The molecule has 2 aliphatic rings. The minimum absolute atomic E-state index is 0.0297. The van der Waals surface area contributed by atoms with Crippen molar-refractivity contribution < 1.29 is 22.3 Å². The van der Waals surface area contributed by atoms with E-state index in [4.69, 9.17) is 9.72 Å². The van der Waals surface area contributed by atoms with E-state index in [1.807, 2.05) is 30.3 Å². The molecule has 1 aliphatic carbocycles. The van der Waals surface area contributed by atoms with Crippen LogP contribution >= 0.6 is 0 Å². The molecule has 2 aromatic heterocycles. The number of aromatic nitrogens is 2. The Labute approximate surface area is 272 Å². The number of ether oxygens (including phenoxy) is 1. The van der Waals surface area contributed by atoms with Gasteiger partial charge in [-0.15, -0.1) is 0 Å². The lowest BCUT2D eigenvalue weighted by molar-refractivity contribution is 0.0981. The van der Waals surface area contributed by atoms with Gasteiger partial charge in [-0.25, -0.2) is 22.5 Å². The number of rotatable bonds is 5. The molecule has 0 saturated heterocycles. The second-order valence-corrected chi connectivity index (χ2v) is 13.9. The lowest BCUT2D eigenvalue weighted by Gasteiger charge is -2.23. The minimum atomic E-state index is -4.03. The maximum absolute atomic E-state index is 14.6. The van der Waals surface area contributed by atoms with E-state index < -0.39 is 15.9 Å². The monoisotopic (exact) mass is 645 g/mol. The molecule has 8 rings (SSSR count). The summed E-state index contributed by atoms with van der Waals surface area (Å²) in [5, 5.41) is 1.91. The highest BCUT2D eigenvalue weighted by Crippen LogP contribution is 2.48. The highest BCUT2D eigenvalue weighted by Gasteiger charge is 2.31. The zero-order valence-electron chi connectivity index (χ0n) is 25.6. The first kappa shape index (κ1) is 29.4. The summed E-state index contributed by atoms with van der Waals surface area (Å²) in [6.07, 6.45) is 5.66. The first-order valence-electron chi connectivity index (χ1n) is 16.0. The Morgan fingerprint density at radius 1 is 0.851 bits per heavy atom. The molecule has 7 nitrogen and oxygen atoms in total. The topological polar surface area (TPSA) is 90.3 Å². The third-order valence-electron chi connectivity index (χ3n) is 9.45. The molecule has 9 heteroatoms. The van der Waals surface area contributed by atoms with Gasteiger partial charge in [-0.2, -0.15) is 0 Å². The van der Waals surface area contributed by atoms with E-state index in [1.165, 1.54) is 30.2 Å². The first-order valence-corrected chi connectivity index (χ1v) is 17.5. The summed E-state index contributed by atoms with van der Waals surface area (Å²) in [4.78, 5) is 18.2. The van der Waals surface area contributed by atoms with Gasteiger partial charge in [0.05, 0.1) is 28.3 Å². The predicted octanol–water partition coefficient (Wildman–Crippen LogP) is 8.22. The molecule has 0 unspecified atom stereocenters. The van der Waals surface area contributed by atoms with E-state index in [1.54, 1.807) is 48.5 Å². The highest BCUT2D eigenvalue weighted by molar-refractivity contribution is 7.90. The fraction of sp³-hybridized carbons (Fsp3) is 0.211. The summed E-state index contributed by atoms with van der Waals surface area (Å²) >= 11 is 0. The Kier molecular flexibility index (Phi) is 7.28. The summed E-state index contributed by atoms with van der Waals surface area (Å²) in [5.41, 5.74) is 6.11. The van der Waals surface area contributed by atoms with E-state index >= 15 is 0 Å². The number of carbonyl (C=O) groups is 1. The molecule has 1 saturated carbocycles. The number of sulfonamides is 1. The normalized spacial score (nSPS) is 15.1. The summed E-state index contributed by atoms with van der Waals surface area (Å²) in [6.45, 7) is 0.934. The molecule has 3 heterocycles. The van der Waals surface area contributed by atoms with Crippen molar-refractivity contribution >= 4 is 37.7 Å². The Morgan fingerprint density at radius 2 is 1.62 bits per heavy atom. The van der Waals surface area contributed by atoms with Gasteiger partial charge in [0.25, 0.3) is 15.9 Å².